The predicted molar refractivity (Wildman–Crippen MR) is 79.1 cm³/mol. The summed E-state index contributed by atoms with van der Waals surface area (Å²) in [5.41, 5.74) is 1.03. The average molecular weight is 286 g/mol. The Morgan fingerprint density at radius 3 is 2.33 bits per heavy atom. The van der Waals surface area contributed by atoms with Gasteiger partial charge in [0.2, 0.25) is 0 Å². The van der Waals surface area contributed by atoms with Gasteiger partial charge in [0.25, 0.3) is 0 Å². The number of aliphatic hydroxyl groups is 1. The van der Waals surface area contributed by atoms with E-state index in [9.17, 15) is 4.79 Å². The second-order valence-corrected chi connectivity index (χ2v) is 4.73. The third-order valence-electron chi connectivity index (χ3n) is 2.97. The van der Waals surface area contributed by atoms with Crippen LogP contribution in [0, 0.1) is 5.92 Å². The molecule has 4 heteroatoms. The second-order valence-electron chi connectivity index (χ2n) is 4.73. The van der Waals surface area contributed by atoms with Gasteiger partial charge in [-0.15, -0.1) is 0 Å². The molecule has 0 radical (unpaired) electrons. The Morgan fingerprint density at radius 1 is 1.05 bits per heavy atom. The Balaban J connectivity index is 2.05. The maximum Gasteiger partial charge on any atom is 0.316 e. The first-order valence-corrected chi connectivity index (χ1v) is 6.79. The van der Waals surface area contributed by atoms with Crippen LogP contribution in [0.3, 0.4) is 0 Å². The number of rotatable bonds is 6. The highest BCUT2D eigenvalue weighted by molar-refractivity contribution is 5.75. The lowest BCUT2D eigenvalue weighted by Gasteiger charge is -2.13. The van der Waals surface area contributed by atoms with Crippen LogP contribution in [0.5, 0.6) is 11.5 Å². The standard InChI is InChI=1S/C17H18O4/c1-13(11-18)17(19)21-16-10-6-5-9-15(16)20-12-14-7-3-2-4-8-14/h2-10,13,18H,11-12H2,1H3/t13-/m1/s1. The van der Waals surface area contributed by atoms with E-state index in [1.54, 1.807) is 25.1 Å². The lowest BCUT2D eigenvalue weighted by molar-refractivity contribution is -0.139. The number of esters is 1. The van der Waals surface area contributed by atoms with E-state index in [4.69, 9.17) is 14.6 Å². The lowest BCUT2D eigenvalue weighted by Crippen LogP contribution is -2.21. The van der Waals surface area contributed by atoms with Gasteiger partial charge in [-0.05, 0) is 24.6 Å². The SMILES string of the molecule is C[C@H](CO)C(=O)Oc1ccccc1OCc1ccccc1. The van der Waals surface area contributed by atoms with Gasteiger partial charge in [0.05, 0.1) is 12.5 Å². The van der Waals surface area contributed by atoms with E-state index in [-0.39, 0.29) is 6.61 Å². The molecule has 0 aliphatic rings. The molecule has 2 aromatic rings. The fourth-order valence-corrected chi connectivity index (χ4v) is 1.67. The molecule has 0 saturated heterocycles. The van der Waals surface area contributed by atoms with Crippen molar-refractivity contribution in [3.05, 3.63) is 60.2 Å². The maximum absolute atomic E-state index is 11.7. The molecule has 0 aliphatic heterocycles. The summed E-state index contributed by atoms with van der Waals surface area (Å²) in [6.07, 6.45) is 0. The molecule has 110 valence electrons. The van der Waals surface area contributed by atoms with Crippen molar-refractivity contribution in [2.45, 2.75) is 13.5 Å². The smallest absolute Gasteiger partial charge is 0.316 e. The zero-order valence-electron chi connectivity index (χ0n) is 11.9. The Morgan fingerprint density at radius 2 is 1.67 bits per heavy atom. The quantitative estimate of drug-likeness (QED) is 0.655. The van der Waals surface area contributed by atoms with Gasteiger partial charge in [-0.2, -0.15) is 0 Å². The molecule has 0 bridgehead atoms. The summed E-state index contributed by atoms with van der Waals surface area (Å²) >= 11 is 0. The summed E-state index contributed by atoms with van der Waals surface area (Å²) in [7, 11) is 0. The van der Waals surface area contributed by atoms with E-state index in [0.29, 0.717) is 18.1 Å². The van der Waals surface area contributed by atoms with Crippen LogP contribution in [0.4, 0.5) is 0 Å². The molecule has 0 fully saturated rings. The largest absolute Gasteiger partial charge is 0.485 e. The number of carbonyl (C=O) groups is 1. The Bertz CT molecular complexity index is 580. The molecule has 0 aliphatic carbocycles. The Labute approximate surface area is 123 Å². The minimum Gasteiger partial charge on any atom is -0.485 e. The van der Waals surface area contributed by atoms with Crippen molar-refractivity contribution in [3.8, 4) is 11.5 Å². The number of carbonyl (C=O) groups excluding carboxylic acids is 1. The van der Waals surface area contributed by atoms with Crippen molar-refractivity contribution in [1.82, 2.24) is 0 Å². The van der Waals surface area contributed by atoms with E-state index < -0.39 is 11.9 Å². The normalized spacial score (nSPS) is 11.7. The Kier molecular flexibility index (Phi) is 5.35. The van der Waals surface area contributed by atoms with Gasteiger partial charge in [-0.25, -0.2) is 0 Å². The van der Waals surface area contributed by atoms with Gasteiger partial charge in [0, 0.05) is 0 Å². The molecule has 2 aromatic carbocycles. The van der Waals surface area contributed by atoms with Gasteiger partial charge in [-0.3, -0.25) is 4.79 Å². The molecule has 1 N–H and O–H groups in total. The van der Waals surface area contributed by atoms with Crippen molar-refractivity contribution in [1.29, 1.82) is 0 Å². The van der Waals surface area contributed by atoms with Crippen LogP contribution in [0.2, 0.25) is 0 Å². The third kappa shape index (κ3) is 4.33. The van der Waals surface area contributed by atoms with Gasteiger partial charge < -0.3 is 14.6 Å². The highest BCUT2D eigenvalue weighted by Crippen LogP contribution is 2.28. The van der Waals surface area contributed by atoms with Crippen LogP contribution < -0.4 is 9.47 Å². The molecule has 0 unspecified atom stereocenters. The van der Waals surface area contributed by atoms with Crippen LogP contribution in [0.15, 0.2) is 54.6 Å². The zero-order valence-corrected chi connectivity index (χ0v) is 11.9. The van der Waals surface area contributed by atoms with Crippen molar-refractivity contribution in [2.75, 3.05) is 6.61 Å². The molecule has 2 rings (SSSR count). The van der Waals surface area contributed by atoms with Gasteiger partial charge in [-0.1, -0.05) is 42.5 Å². The maximum atomic E-state index is 11.7. The summed E-state index contributed by atoms with van der Waals surface area (Å²) in [6, 6.07) is 16.7. The number of ether oxygens (including phenoxy) is 2. The molecule has 0 saturated carbocycles. The van der Waals surface area contributed by atoms with Gasteiger partial charge in [0.1, 0.15) is 6.61 Å². The lowest BCUT2D eigenvalue weighted by atomic mass is 10.2. The molecule has 0 amide bonds. The Hall–Kier alpha value is -2.33. The zero-order chi connectivity index (χ0) is 15.1. The third-order valence-corrected chi connectivity index (χ3v) is 2.97. The van der Waals surface area contributed by atoms with Crippen molar-refractivity contribution in [3.63, 3.8) is 0 Å². The van der Waals surface area contributed by atoms with E-state index in [1.165, 1.54) is 0 Å². The summed E-state index contributed by atoms with van der Waals surface area (Å²) in [4.78, 5) is 11.7. The monoisotopic (exact) mass is 286 g/mol. The molecule has 0 heterocycles. The first kappa shape index (κ1) is 15.1. The van der Waals surface area contributed by atoms with E-state index in [1.807, 2.05) is 36.4 Å². The number of hydrogen-bond donors (Lipinski definition) is 1. The van der Waals surface area contributed by atoms with Crippen molar-refractivity contribution in [2.24, 2.45) is 5.92 Å². The predicted octanol–water partition coefficient (Wildman–Crippen LogP) is 2.80. The highest BCUT2D eigenvalue weighted by Gasteiger charge is 2.16. The molecule has 0 aromatic heterocycles. The van der Waals surface area contributed by atoms with E-state index in [0.717, 1.165) is 5.56 Å². The summed E-state index contributed by atoms with van der Waals surface area (Å²) in [5.74, 6) is -0.181. The first-order chi connectivity index (χ1) is 10.2. The van der Waals surface area contributed by atoms with E-state index in [2.05, 4.69) is 0 Å². The number of hydrogen-bond acceptors (Lipinski definition) is 4. The highest BCUT2D eigenvalue weighted by atomic mass is 16.6. The van der Waals surface area contributed by atoms with Crippen LogP contribution >= 0.6 is 0 Å². The van der Waals surface area contributed by atoms with Crippen molar-refractivity contribution >= 4 is 5.97 Å². The molecular formula is C17H18O4. The average Bonchev–Trinajstić information content (AvgIpc) is 2.54. The summed E-state index contributed by atoms with van der Waals surface area (Å²) in [5, 5.41) is 8.97. The van der Waals surface area contributed by atoms with Crippen molar-refractivity contribution < 1.29 is 19.4 Å². The van der Waals surface area contributed by atoms with Crippen LogP contribution in [0.25, 0.3) is 0 Å². The molecule has 1 atom stereocenters. The minimum absolute atomic E-state index is 0.244. The number of benzene rings is 2. The van der Waals surface area contributed by atoms with E-state index >= 15 is 0 Å². The fourth-order valence-electron chi connectivity index (χ4n) is 1.67. The minimum atomic E-state index is -0.563. The molecule has 4 nitrogen and oxygen atoms in total. The summed E-state index contributed by atoms with van der Waals surface area (Å²) in [6.45, 7) is 1.76. The summed E-state index contributed by atoms with van der Waals surface area (Å²) < 4.78 is 11.0. The van der Waals surface area contributed by atoms with Crippen LogP contribution in [-0.2, 0) is 11.4 Å². The number of aliphatic hydroxyl groups excluding tert-OH is 1. The molecule has 21 heavy (non-hydrogen) atoms. The van der Waals surface area contributed by atoms with Gasteiger partial charge in [0.15, 0.2) is 11.5 Å². The molecule has 0 spiro atoms. The van der Waals surface area contributed by atoms with Gasteiger partial charge >= 0.3 is 5.97 Å². The number of para-hydroxylation sites is 2. The first-order valence-electron chi connectivity index (χ1n) is 6.79. The van der Waals surface area contributed by atoms with Crippen LogP contribution in [0.1, 0.15) is 12.5 Å². The molecular weight excluding hydrogens is 268 g/mol. The second kappa shape index (κ2) is 7.45. The van der Waals surface area contributed by atoms with Crippen LogP contribution in [-0.4, -0.2) is 17.7 Å². The topological polar surface area (TPSA) is 55.8 Å². The fraction of sp³-hybridized carbons (Fsp3) is 0.235.